The Morgan fingerprint density at radius 1 is 1.22 bits per heavy atom. The quantitative estimate of drug-likeness (QED) is 0.882. The number of benzene rings is 1. The van der Waals surface area contributed by atoms with E-state index in [0.29, 0.717) is 12.1 Å². The second kappa shape index (κ2) is 6.32. The molecule has 2 unspecified atom stereocenters. The van der Waals surface area contributed by atoms with E-state index < -0.39 is 0 Å². The average molecular weight is 248 g/mol. The molecule has 0 radical (unpaired) electrons. The Balaban J connectivity index is 1.95. The summed E-state index contributed by atoms with van der Waals surface area (Å²) in [6, 6.07) is 9.40. The summed E-state index contributed by atoms with van der Waals surface area (Å²) in [7, 11) is 1.98. The predicted molar refractivity (Wildman–Crippen MR) is 74.5 cm³/mol. The molecule has 1 N–H and O–H groups in total. The number of rotatable bonds is 4. The molecule has 2 atom stereocenters. The van der Waals surface area contributed by atoms with Gasteiger partial charge in [-0.1, -0.05) is 24.3 Å². The Kier molecular flexibility index (Phi) is 4.75. The maximum Gasteiger partial charge on any atom is 0.0674 e. The van der Waals surface area contributed by atoms with Crippen LogP contribution in [0.15, 0.2) is 24.3 Å². The summed E-state index contributed by atoms with van der Waals surface area (Å²) in [5.41, 5.74) is 2.72. The number of morpholine rings is 1. The molecule has 3 heteroatoms. The highest BCUT2D eigenvalue weighted by atomic mass is 16.5. The van der Waals surface area contributed by atoms with Gasteiger partial charge in [-0.3, -0.25) is 4.90 Å². The highest BCUT2D eigenvalue weighted by Crippen LogP contribution is 2.15. The van der Waals surface area contributed by atoms with Gasteiger partial charge in [0, 0.05) is 25.7 Å². The van der Waals surface area contributed by atoms with Crippen LogP contribution in [0.1, 0.15) is 25.0 Å². The maximum absolute atomic E-state index is 5.66. The fraction of sp³-hybridized carbons (Fsp3) is 0.600. The number of nitrogens with zero attached hydrogens (tertiary/aromatic N) is 1. The maximum atomic E-state index is 5.66. The van der Waals surface area contributed by atoms with Gasteiger partial charge in [-0.25, -0.2) is 0 Å². The van der Waals surface area contributed by atoms with E-state index in [0.717, 1.165) is 26.2 Å². The molecule has 1 aliphatic heterocycles. The van der Waals surface area contributed by atoms with E-state index in [1.807, 2.05) is 7.05 Å². The number of nitrogens with one attached hydrogen (secondary N) is 1. The second-order valence-corrected chi connectivity index (χ2v) is 5.27. The third-order valence-corrected chi connectivity index (χ3v) is 3.53. The molecular weight excluding hydrogens is 224 g/mol. The summed E-state index contributed by atoms with van der Waals surface area (Å²) in [4.78, 5) is 2.50. The van der Waals surface area contributed by atoms with Gasteiger partial charge in [-0.15, -0.1) is 0 Å². The lowest BCUT2D eigenvalue weighted by atomic mass is 10.1. The standard InChI is InChI=1S/C15H24N2O/c1-12-11-18-13(2)9-17(12)10-15-6-4-14(5-7-15)8-16-3/h4-7,12-13,16H,8-11H2,1-3H3. The molecule has 1 aliphatic rings. The van der Waals surface area contributed by atoms with Crippen molar-refractivity contribution < 1.29 is 4.74 Å². The van der Waals surface area contributed by atoms with Crippen LogP contribution in [-0.4, -0.2) is 37.2 Å². The topological polar surface area (TPSA) is 24.5 Å². The minimum atomic E-state index is 0.352. The van der Waals surface area contributed by atoms with Crippen LogP contribution < -0.4 is 5.32 Å². The summed E-state index contributed by atoms with van der Waals surface area (Å²) in [6.45, 7) is 8.22. The first-order chi connectivity index (χ1) is 8.69. The molecule has 0 amide bonds. The molecule has 100 valence electrons. The van der Waals surface area contributed by atoms with Crippen molar-refractivity contribution in [2.75, 3.05) is 20.2 Å². The zero-order valence-electron chi connectivity index (χ0n) is 11.6. The van der Waals surface area contributed by atoms with Crippen molar-refractivity contribution in [3.63, 3.8) is 0 Å². The van der Waals surface area contributed by atoms with Gasteiger partial charge in [0.05, 0.1) is 12.7 Å². The molecule has 2 rings (SSSR count). The first-order valence-corrected chi connectivity index (χ1v) is 6.77. The average Bonchev–Trinajstić information content (AvgIpc) is 2.37. The lowest BCUT2D eigenvalue weighted by Gasteiger charge is -2.36. The molecule has 1 aromatic carbocycles. The van der Waals surface area contributed by atoms with E-state index in [-0.39, 0.29) is 0 Å². The monoisotopic (exact) mass is 248 g/mol. The minimum absolute atomic E-state index is 0.352. The van der Waals surface area contributed by atoms with Crippen LogP contribution in [-0.2, 0) is 17.8 Å². The normalized spacial score (nSPS) is 25.3. The zero-order valence-corrected chi connectivity index (χ0v) is 11.6. The molecule has 1 fully saturated rings. The number of ether oxygens (including phenoxy) is 1. The van der Waals surface area contributed by atoms with Crippen molar-refractivity contribution in [1.29, 1.82) is 0 Å². The van der Waals surface area contributed by atoms with Crippen molar-refractivity contribution in [3.8, 4) is 0 Å². The smallest absolute Gasteiger partial charge is 0.0674 e. The van der Waals surface area contributed by atoms with Gasteiger partial charge in [0.15, 0.2) is 0 Å². The van der Waals surface area contributed by atoms with Crippen LogP contribution >= 0.6 is 0 Å². The number of hydrogen-bond acceptors (Lipinski definition) is 3. The molecule has 1 aromatic rings. The molecule has 1 heterocycles. The van der Waals surface area contributed by atoms with Gasteiger partial charge in [-0.2, -0.15) is 0 Å². The van der Waals surface area contributed by atoms with Crippen LogP contribution in [0.3, 0.4) is 0 Å². The molecule has 0 spiro atoms. The van der Waals surface area contributed by atoms with Crippen LogP contribution in [0.25, 0.3) is 0 Å². The van der Waals surface area contributed by atoms with Gasteiger partial charge in [-0.05, 0) is 32.0 Å². The fourth-order valence-electron chi connectivity index (χ4n) is 2.39. The summed E-state index contributed by atoms with van der Waals surface area (Å²) in [6.07, 6.45) is 0.352. The second-order valence-electron chi connectivity index (χ2n) is 5.27. The summed E-state index contributed by atoms with van der Waals surface area (Å²) < 4.78 is 5.66. The fourth-order valence-corrected chi connectivity index (χ4v) is 2.39. The Labute approximate surface area is 110 Å². The van der Waals surface area contributed by atoms with E-state index >= 15 is 0 Å². The van der Waals surface area contributed by atoms with Gasteiger partial charge >= 0.3 is 0 Å². The summed E-state index contributed by atoms with van der Waals surface area (Å²) in [5.74, 6) is 0. The summed E-state index contributed by atoms with van der Waals surface area (Å²) in [5, 5.41) is 3.17. The van der Waals surface area contributed by atoms with E-state index in [2.05, 4.69) is 48.3 Å². The van der Waals surface area contributed by atoms with Gasteiger partial charge in [0.25, 0.3) is 0 Å². The minimum Gasteiger partial charge on any atom is -0.376 e. The largest absolute Gasteiger partial charge is 0.376 e. The van der Waals surface area contributed by atoms with Gasteiger partial charge < -0.3 is 10.1 Å². The Hall–Kier alpha value is -0.900. The Morgan fingerprint density at radius 2 is 1.89 bits per heavy atom. The number of hydrogen-bond donors (Lipinski definition) is 1. The van der Waals surface area contributed by atoms with E-state index in [4.69, 9.17) is 4.74 Å². The Morgan fingerprint density at radius 3 is 2.56 bits per heavy atom. The third kappa shape index (κ3) is 3.55. The lowest BCUT2D eigenvalue weighted by Crippen LogP contribution is -2.46. The van der Waals surface area contributed by atoms with Crippen LogP contribution in [0.2, 0.25) is 0 Å². The molecular formula is C15H24N2O. The van der Waals surface area contributed by atoms with Crippen LogP contribution in [0.5, 0.6) is 0 Å². The highest BCUT2D eigenvalue weighted by molar-refractivity contribution is 5.22. The van der Waals surface area contributed by atoms with Crippen LogP contribution in [0, 0.1) is 0 Å². The highest BCUT2D eigenvalue weighted by Gasteiger charge is 2.23. The van der Waals surface area contributed by atoms with Crippen molar-refractivity contribution in [2.45, 2.75) is 39.1 Å². The molecule has 18 heavy (non-hydrogen) atoms. The molecule has 0 saturated carbocycles. The predicted octanol–water partition coefficient (Wildman–Crippen LogP) is 2.02. The first kappa shape index (κ1) is 13.5. The van der Waals surface area contributed by atoms with E-state index in [1.165, 1.54) is 11.1 Å². The third-order valence-electron chi connectivity index (χ3n) is 3.53. The van der Waals surface area contributed by atoms with Crippen molar-refractivity contribution >= 4 is 0 Å². The SMILES string of the molecule is CNCc1ccc(CN2CC(C)OCC2C)cc1. The summed E-state index contributed by atoms with van der Waals surface area (Å²) >= 11 is 0. The Bertz CT molecular complexity index is 363. The van der Waals surface area contributed by atoms with Crippen molar-refractivity contribution in [2.24, 2.45) is 0 Å². The van der Waals surface area contributed by atoms with Crippen LogP contribution in [0.4, 0.5) is 0 Å². The first-order valence-electron chi connectivity index (χ1n) is 6.77. The molecule has 3 nitrogen and oxygen atoms in total. The molecule has 1 saturated heterocycles. The van der Waals surface area contributed by atoms with E-state index in [9.17, 15) is 0 Å². The zero-order chi connectivity index (χ0) is 13.0. The van der Waals surface area contributed by atoms with Crippen molar-refractivity contribution in [1.82, 2.24) is 10.2 Å². The lowest BCUT2D eigenvalue weighted by molar-refractivity contribution is -0.0526. The van der Waals surface area contributed by atoms with Gasteiger partial charge in [0.2, 0.25) is 0 Å². The van der Waals surface area contributed by atoms with E-state index in [1.54, 1.807) is 0 Å². The van der Waals surface area contributed by atoms with Gasteiger partial charge in [0.1, 0.15) is 0 Å². The van der Waals surface area contributed by atoms with Crippen molar-refractivity contribution in [3.05, 3.63) is 35.4 Å². The molecule has 0 bridgehead atoms. The molecule has 0 aliphatic carbocycles. The molecule has 0 aromatic heterocycles.